The molecular weight excluding hydrogens is 301 g/mol. The average Bonchev–Trinajstić information content (AvgIpc) is 2.99. The maximum atomic E-state index is 14.4. The molecule has 0 fully saturated rings. The van der Waals surface area contributed by atoms with E-state index in [1.807, 2.05) is 66.8 Å². The SMILES string of the molecule is O=C(NC1C=CC=CC=C1)c1ccc(C2=CCC=CC=C2)cc1F. The van der Waals surface area contributed by atoms with Crippen LogP contribution in [0, 0.1) is 5.82 Å². The molecule has 0 bridgehead atoms. The highest BCUT2D eigenvalue weighted by Gasteiger charge is 2.15. The van der Waals surface area contributed by atoms with Gasteiger partial charge in [-0.15, -0.1) is 0 Å². The summed E-state index contributed by atoms with van der Waals surface area (Å²) in [7, 11) is 0. The van der Waals surface area contributed by atoms with E-state index in [9.17, 15) is 9.18 Å². The zero-order valence-electron chi connectivity index (χ0n) is 13.2. The van der Waals surface area contributed by atoms with Crippen LogP contribution in [0.1, 0.15) is 22.3 Å². The van der Waals surface area contributed by atoms with E-state index in [0.717, 1.165) is 17.6 Å². The second-order valence-corrected chi connectivity index (χ2v) is 5.53. The number of carbonyl (C=O) groups is 1. The highest BCUT2D eigenvalue weighted by Crippen LogP contribution is 2.21. The van der Waals surface area contributed by atoms with Crippen LogP contribution in [0.5, 0.6) is 0 Å². The highest BCUT2D eigenvalue weighted by atomic mass is 19.1. The standard InChI is InChI=1S/C21H18FNO/c22-20-15-17(16-9-5-1-2-6-10-16)13-14-19(20)21(24)23-18-11-7-3-4-8-12-18/h1-5,7-15,18H,6H2,(H,23,24). The largest absolute Gasteiger partial charge is 0.342 e. The highest BCUT2D eigenvalue weighted by molar-refractivity contribution is 5.95. The first kappa shape index (κ1) is 15.9. The van der Waals surface area contributed by atoms with Gasteiger partial charge in [0.25, 0.3) is 5.91 Å². The number of halogens is 1. The van der Waals surface area contributed by atoms with Crippen molar-refractivity contribution in [3.05, 3.63) is 102 Å². The van der Waals surface area contributed by atoms with Crippen molar-refractivity contribution in [2.45, 2.75) is 12.5 Å². The first-order valence-electron chi connectivity index (χ1n) is 7.90. The minimum absolute atomic E-state index is 0.0501. The molecular formula is C21H18FNO. The molecule has 0 saturated carbocycles. The Kier molecular flexibility index (Phi) is 5.02. The van der Waals surface area contributed by atoms with Crippen molar-refractivity contribution in [1.29, 1.82) is 0 Å². The van der Waals surface area contributed by atoms with Crippen LogP contribution in [-0.2, 0) is 0 Å². The van der Waals surface area contributed by atoms with Gasteiger partial charge in [-0.1, -0.05) is 72.9 Å². The summed E-state index contributed by atoms with van der Waals surface area (Å²) < 4.78 is 14.4. The number of hydrogen-bond donors (Lipinski definition) is 1. The number of hydrogen-bond acceptors (Lipinski definition) is 1. The molecule has 3 heteroatoms. The molecule has 3 rings (SSSR count). The van der Waals surface area contributed by atoms with Gasteiger partial charge in [0.2, 0.25) is 0 Å². The van der Waals surface area contributed by atoms with Crippen molar-refractivity contribution in [3.8, 4) is 0 Å². The lowest BCUT2D eigenvalue weighted by Gasteiger charge is -2.12. The van der Waals surface area contributed by atoms with Crippen LogP contribution >= 0.6 is 0 Å². The molecule has 1 amide bonds. The summed E-state index contributed by atoms with van der Waals surface area (Å²) in [4.78, 5) is 12.3. The van der Waals surface area contributed by atoms with Crippen LogP contribution in [0.4, 0.5) is 4.39 Å². The van der Waals surface area contributed by atoms with Gasteiger partial charge < -0.3 is 5.32 Å². The number of benzene rings is 1. The first-order chi connectivity index (χ1) is 11.7. The minimum atomic E-state index is -0.517. The zero-order valence-corrected chi connectivity index (χ0v) is 13.2. The molecule has 24 heavy (non-hydrogen) atoms. The van der Waals surface area contributed by atoms with Crippen LogP contribution in [0.15, 0.2) is 85.0 Å². The molecule has 1 N–H and O–H groups in total. The molecule has 2 aliphatic rings. The maximum absolute atomic E-state index is 14.4. The van der Waals surface area contributed by atoms with E-state index in [-0.39, 0.29) is 11.6 Å². The van der Waals surface area contributed by atoms with Crippen molar-refractivity contribution in [1.82, 2.24) is 5.32 Å². The summed E-state index contributed by atoms with van der Waals surface area (Å²) in [5.74, 6) is -0.941. The van der Waals surface area contributed by atoms with E-state index in [1.165, 1.54) is 12.1 Å². The van der Waals surface area contributed by atoms with Gasteiger partial charge in [0.05, 0.1) is 11.6 Å². The summed E-state index contributed by atoms with van der Waals surface area (Å²) in [5, 5.41) is 2.79. The molecule has 0 unspecified atom stereocenters. The van der Waals surface area contributed by atoms with Crippen molar-refractivity contribution >= 4 is 11.5 Å². The summed E-state index contributed by atoms with van der Waals surface area (Å²) in [6.45, 7) is 0. The monoisotopic (exact) mass is 319 g/mol. The number of carbonyl (C=O) groups excluding carboxylic acids is 1. The summed E-state index contributed by atoms with van der Waals surface area (Å²) in [6, 6.07) is 4.48. The lowest BCUT2D eigenvalue weighted by atomic mass is 10.0. The van der Waals surface area contributed by atoms with Crippen LogP contribution in [0.3, 0.4) is 0 Å². The van der Waals surface area contributed by atoms with Gasteiger partial charge in [-0.2, -0.15) is 0 Å². The minimum Gasteiger partial charge on any atom is -0.342 e. The Hall–Kier alpha value is -2.94. The van der Waals surface area contributed by atoms with Crippen molar-refractivity contribution < 1.29 is 9.18 Å². The first-order valence-corrected chi connectivity index (χ1v) is 7.90. The fourth-order valence-corrected chi connectivity index (χ4v) is 2.56. The van der Waals surface area contributed by atoms with Crippen molar-refractivity contribution in [2.24, 2.45) is 0 Å². The molecule has 1 aromatic carbocycles. The third-order valence-electron chi connectivity index (χ3n) is 3.81. The van der Waals surface area contributed by atoms with Crippen molar-refractivity contribution in [2.75, 3.05) is 0 Å². The lowest BCUT2D eigenvalue weighted by molar-refractivity contribution is 0.0946. The predicted molar refractivity (Wildman–Crippen MR) is 95.9 cm³/mol. The van der Waals surface area contributed by atoms with Gasteiger partial charge in [-0.05, 0) is 29.7 Å². The molecule has 0 radical (unpaired) electrons. The number of allylic oxidation sites excluding steroid dienone is 10. The Labute approximate surface area is 141 Å². The molecule has 0 saturated heterocycles. The molecule has 0 aliphatic heterocycles. The van der Waals surface area contributed by atoms with Crippen LogP contribution in [-0.4, -0.2) is 11.9 Å². The molecule has 2 nitrogen and oxygen atoms in total. The Morgan fingerprint density at radius 2 is 1.83 bits per heavy atom. The topological polar surface area (TPSA) is 29.1 Å². The fraction of sp³-hybridized carbons (Fsp3) is 0.0952. The average molecular weight is 319 g/mol. The van der Waals surface area contributed by atoms with Crippen molar-refractivity contribution in [3.63, 3.8) is 0 Å². The Bertz CT molecular complexity index is 793. The van der Waals surface area contributed by atoms with Crippen LogP contribution in [0.2, 0.25) is 0 Å². The molecule has 0 aromatic heterocycles. The van der Waals surface area contributed by atoms with E-state index in [1.54, 1.807) is 6.07 Å². The molecule has 0 heterocycles. The van der Waals surface area contributed by atoms with Crippen LogP contribution in [0.25, 0.3) is 5.57 Å². The summed E-state index contributed by atoms with van der Waals surface area (Å²) in [5.41, 5.74) is 1.77. The third-order valence-corrected chi connectivity index (χ3v) is 3.81. The van der Waals surface area contributed by atoms with Crippen LogP contribution < -0.4 is 5.32 Å². The van der Waals surface area contributed by atoms with E-state index in [2.05, 4.69) is 5.32 Å². The Morgan fingerprint density at radius 3 is 2.58 bits per heavy atom. The quantitative estimate of drug-likeness (QED) is 0.873. The van der Waals surface area contributed by atoms with Gasteiger partial charge in [0.15, 0.2) is 0 Å². The van der Waals surface area contributed by atoms with Gasteiger partial charge in [-0.25, -0.2) is 4.39 Å². The van der Waals surface area contributed by atoms with E-state index in [0.29, 0.717) is 0 Å². The zero-order chi connectivity index (χ0) is 16.8. The smallest absolute Gasteiger partial charge is 0.254 e. The van der Waals surface area contributed by atoms with E-state index < -0.39 is 11.7 Å². The Morgan fingerprint density at radius 1 is 1.04 bits per heavy atom. The summed E-state index contributed by atoms with van der Waals surface area (Å²) in [6.07, 6.45) is 21.8. The molecule has 1 aromatic rings. The lowest BCUT2D eigenvalue weighted by Crippen LogP contribution is -2.32. The van der Waals surface area contributed by atoms with Gasteiger partial charge in [0.1, 0.15) is 5.82 Å². The fourth-order valence-electron chi connectivity index (χ4n) is 2.56. The summed E-state index contributed by atoms with van der Waals surface area (Å²) >= 11 is 0. The normalized spacial score (nSPS) is 16.6. The second kappa shape index (κ2) is 7.55. The molecule has 2 aliphatic carbocycles. The maximum Gasteiger partial charge on any atom is 0.254 e. The molecule has 120 valence electrons. The second-order valence-electron chi connectivity index (χ2n) is 5.53. The molecule has 0 spiro atoms. The predicted octanol–water partition coefficient (Wildman–Crippen LogP) is 4.51. The van der Waals surface area contributed by atoms with Gasteiger partial charge in [0, 0.05) is 0 Å². The van der Waals surface area contributed by atoms with Gasteiger partial charge in [-0.3, -0.25) is 4.79 Å². The number of nitrogens with one attached hydrogen (secondary N) is 1. The number of rotatable bonds is 3. The molecule has 0 atom stereocenters. The van der Waals surface area contributed by atoms with Gasteiger partial charge >= 0.3 is 0 Å². The Balaban J connectivity index is 1.77. The number of amides is 1. The van der Waals surface area contributed by atoms with E-state index >= 15 is 0 Å². The third kappa shape index (κ3) is 3.87. The van der Waals surface area contributed by atoms with E-state index in [4.69, 9.17) is 0 Å².